The van der Waals surface area contributed by atoms with E-state index in [1.54, 1.807) is 0 Å². The van der Waals surface area contributed by atoms with E-state index >= 15 is 0 Å². The number of oxime groups is 1. The lowest BCUT2D eigenvalue weighted by Gasteiger charge is -2.41. The van der Waals surface area contributed by atoms with E-state index in [0.717, 1.165) is 30.4 Å². The summed E-state index contributed by atoms with van der Waals surface area (Å²) in [6, 6.07) is 3.79. The second kappa shape index (κ2) is 9.93. The van der Waals surface area contributed by atoms with Gasteiger partial charge in [-0.3, -0.25) is 4.79 Å². The zero-order valence-corrected chi connectivity index (χ0v) is 22.9. The molecule has 2 aromatic rings. The SMILES string of the molecule is COc1c(Cl)c([C@@H]2c3cc4c(cc3C3=NOC[C@H]3[C@@H]2C(=O)N2CCCCC2)OCO4)c(Cl)c(OC)c1OC. The van der Waals surface area contributed by atoms with Crippen LogP contribution >= 0.6 is 23.2 Å². The van der Waals surface area contributed by atoms with Crippen molar-refractivity contribution in [2.24, 2.45) is 17.0 Å². The zero-order valence-electron chi connectivity index (χ0n) is 21.3. The highest BCUT2D eigenvalue weighted by Gasteiger charge is 2.51. The van der Waals surface area contributed by atoms with Crippen molar-refractivity contribution >= 4 is 34.8 Å². The number of methoxy groups -OCH3 is 3. The highest BCUT2D eigenvalue weighted by molar-refractivity contribution is 6.38. The number of hydrogen-bond acceptors (Lipinski definition) is 8. The van der Waals surface area contributed by atoms with Gasteiger partial charge in [-0.2, -0.15) is 0 Å². The highest BCUT2D eigenvalue weighted by Crippen LogP contribution is 2.58. The van der Waals surface area contributed by atoms with Crippen LogP contribution in [0.4, 0.5) is 0 Å². The molecule has 0 radical (unpaired) electrons. The van der Waals surface area contributed by atoms with Crippen LogP contribution in [-0.2, 0) is 9.63 Å². The first-order chi connectivity index (χ1) is 18.5. The number of piperidine rings is 1. The van der Waals surface area contributed by atoms with Crippen LogP contribution in [0.15, 0.2) is 17.3 Å². The van der Waals surface area contributed by atoms with Gasteiger partial charge in [-0.1, -0.05) is 28.4 Å². The molecule has 1 amide bonds. The van der Waals surface area contributed by atoms with Crippen molar-refractivity contribution in [3.05, 3.63) is 38.9 Å². The van der Waals surface area contributed by atoms with Crippen molar-refractivity contribution < 1.29 is 33.3 Å². The predicted octanol–water partition coefficient (Wildman–Crippen LogP) is 4.87. The van der Waals surface area contributed by atoms with Crippen LogP contribution in [0.25, 0.3) is 0 Å². The largest absolute Gasteiger partial charge is 0.491 e. The second-order valence-electron chi connectivity index (χ2n) is 9.70. The smallest absolute Gasteiger partial charge is 0.231 e. The Bertz CT molecular complexity index is 1290. The number of ether oxygens (including phenoxy) is 5. The Morgan fingerprint density at radius 1 is 0.947 bits per heavy atom. The van der Waals surface area contributed by atoms with Gasteiger partial charge in [0.1, 0.15) is 6.61 Å². The molecule has 202 valence electrons. The molecule has 1 saturated heterocycles. The number of carbonyl (C=O) groups is 1. The third-order valence-electron chi connectivity index (χ3n) is 7.88. The molecule has 1 aliphatic carbocycles. The van der Waals surface area contributed by atoms with E-state index < -0.39 is 11.8 Å². The molecule has 1 fully saturated rings. The van der Waals surface area contributed by atoms with Crippen LogP contribution in [0.5, 0.6) is 28.7 Å². The van der Waals surface area contributed by atoms with Crippen molar-refractivity contribution in [3.63, 3.8) is 0 Å². The molecule has 0 unspecified atom stereocenters. The first-order valence-corrected chi connectivity index (χ1v) is 13.3. The highest BCUT2D eigenvalue weighted by atomic mass is 35.5. The van der Waals surface area contributed by atoms with Crippen molar-refractivity contribution in [1.82, 2.24) is 4.90 Å². The maximum absolute atomic E-state index is 14.4. The minimum absolute atomic E-state index is 0.0158. The lowest BCUT2D eigenvalue weighted by molar-refractivity contribution is -0.138. The summed E-state index contributed by atoms with van der Waals surface area (Å²) in [6.07, 6.45) is 3.03. The standard InChI is InChI=1S/C27H28Cl2N2O7/c1-33-24-21(28)20(22(29)25(34-2)26(24)35-3)18-13-9-16-17(37-12-36-16)10-14(13)23-15(11-38-30-23)19(18)27(32)31-7-5-4-6-8-31/h9-10,15,18-19H,4-8,11-12H2,1-3H3/t15-,18+,19-/m0/s1. The summed E-state index contributed by atoms with van der Waals surface area (Å²) in [5.74, 6) is 0.567. The molecule has 2 aromatic carbocycles. The monoisotopic (exact) mass is 562 g/mol. The Hall–Kier alpha value is -3.04. The number of rotatable bonds is 5. The Labute approximate surface area is 230 Å². The summed E-state index contributed by atoms with van der Waals surface area (Å²) in [6.45, 7) is 1.78. The topological polar surface area (TPSA) is 88.1 Å². The van der Waals surface area contributed by atoms with E-state index in [9.17, 15) is 4.79 Å². The Kier molecular flexibility index (Phi) is 6.60. The number of carbonyl (C=O) groups excluding carboxylic acids is 1. The van der Waals surface area contributed by atoms with Gasteiger partial charge in [0.15, 0.2) is 23.0 Å². The van der Waals surface area contributed by atoms with Gasteiger partial charge >= 0.3 is 0 Å². The number of halogens is 2. The zero-order chi connectivity index (χ0) is 26.6. The quantitative estimate of drug-likeness (QED) is 0.513. The molecule has 0 bridgehead atoms. The minimum atomic E-state index is -0.583. The van der Waals surface area contributed by atoms with Gasteiger partial charge in [-0.25, -0.2) is 0 Å². The Balaban J connectivity index is 1.63. The molecule has 0 saturated carbocycles. The number of hydrogen-bond donors (Lipinski definition) is 0. The summed E-state index contributed by atoms with van der Waals surface area (Å²) in [4.78, 5) is 21.9. The van der Waals surface area contributed by atoms with Crippen LogP contribution in [-0.4, -0.2) is 64.3 Å². The third kappa shape index (κ3) is 3.73. The summed E-state index contributed by atoms with van der Waals surface area (Å²) in [5.41, 5.74) is 2.84. The number of benzene rings is 2. The molecule has 0 N–H and O–H groups in total. The van der Waals surface area contributed by atoms with Crippen molar-refractivity contribution in [2.75, 3.05) is 47.8 Å². The van der Waals surface area contributed by atoms with Crippen molar-refractivity contribution in [2.45, 2.75) is 25.2 Å². The van der Waals surface area contributed by atoms with Gasteiger partial charge in [0.25, 0.3) is 0 Å². The Morgan fingerprint density at radius 2 is 1.58 bits per heavy atom. The predicted molar refractivity (Wildman–Crippen MR) is 140 cm³/mol. The first kappa shape index (κ1) is 25.2. The second-order valence-corrected chi connectivity index (χ2v) is 10.5. The van der Waals surface area contributed by atoms with E-state index in [1.807, 2.05) is 17.0 Å². The van der Waals surface area contributed by atoms with Crippen LogP contribution in [0.1, 0.15) is 41.9 Å². The molecule has 3 aliphatic heterocycles. The number of likely N-dealkylation sites (tertiary alicyclic amines) is 1. The lowest BCUT2D eigenvalue weighted by Crippen LogP contribution is -2.48. The van der Waals surface area contributed by atoms with E-state index in [4.69, 9.17) is 51.7 Å². The van der Waals surface area contributed by atoms with Crippen molar-refractivity contribution in [3.8, 4) is 28.7 Å². The van der Waals surface area contributed by atoms with Crippen LogP contribution in [0.3, 0.4) is 0 Å². The third-order valence-corrected chi connectivity index (χ3v) is 8.63. The maximum Gasteiger partial charge on any atom is 0.231 e. The molecular formula is C27H28Cl2N2O7. The molecule has 3 heterocycles. The lowest BCUT2D eigenvalue weighted by atomic mass is 9.65. The van der Waals surface area contributed by atoms with E-state index in [-0.39, 0.29) is 52.5 Å². The van der Waals surface area contributed by atoms with E-state index in [2.05, 4.69) is 5.16 Å². The summed E-state index contributed by atoms with van der Waals surface area (Å²) < 4.78 is 28.3. The summed E-state index contributed by atoms with van der Waals surface area (Å²) >= 11 is 14.1. The number of amides is 1. The van der Waals surface area contributed by atoms with E-state index in [1.165, 1.54) is 21.3 Å². The fraction of sp³-hybridized carbons (Fsp3) is 0.481. The fourth-order valence-electron chi connectivity index (χ4n) is 6.16. The molecule has 3 atom stereocenters. The van der Waals surface area contributed by atoms with E-state index in [0.29, 0.717) is 35.9 Å². The molecule has 6 rings (SSSR count). The molecule has 4 aliphatic rings. The summed E-state index contributed by atoms with van der Waals surface area (Å²) in [7, 11) is 4.49. The molecule has 38 heavy (non-hydrogen) atoms. The van der Waals surface area contributed by atoms with Crippen molar-refractivity contribution in [1.29, 1.82) is 0 Å². The normalized spacial score (nSPS) is 23.2. The van der Waals surface area contributed by atoms with Gasteiger partial charge in [0.2, 0.25) is 18.4 Å². The van der Waals surface area contributed by atoms with Gasteiger partial charge in [-0.15, -0.1) is 0 Å². The minimum Gasteiger partial charge on any atom is -0.491 e. The number of fused-ring (bicyclic) bond motifs is 4. The van der Waals surface area contributed by atoms with Crippen LogP contribution in [0, 0.1) is 11.8 Å². The first-order valence-electron chi connectivity index (χ1n) is 12.6. The molecular weight excluding hydrogens is 535 g/mol. The van der Waals surface area contributed by atoms with Gasteiger partial charge in [-0.05, 0) is 37.0 Å². The molecule has 0 spiro atoms. The van der Waals surface area contributed by atoms with Crippen LogP contribution < -0.4 is 23.7 Å². The van der Waals surface area contributed by atoms with Crippen LogP contribution in [0.2, 0.25) is 10.0 Å². The maximum atomic E-state index is 14.4. The molecule has 0 aromatic heterocycles. The average Bonchev–Trinajstić information content (AvgIpc) is 3.61. The fourth-order valence-corrected chi connectivity index (χ4v) is 6.96. The summed E-state index contributed by atoms with van der Waals surface area (Å²) in [5, 5.41) is 4.88. The number of nitrogens with zero attached hydrogens (tertiary/aromatic N) is 2. The van der Waals surface area contributed by atoms with Gasteiger partial charge in [0, 0.05) is 30.1 Å². The molecule has 9 nitrogen and oxygen atoms in total. The van der Waals surface area contributed by atoms with Gasteiger partial charge in [0.05, 0.1) is 48.9 Å². The molecule has 11 heteroatoms. The Morgan fingerprint density at radius 3 is 2.21 bits per heavy atom. The average molecular weight is 563 g/mol. The van der Waals surface area contributed by atoms with Gasteiger partial charge < -0.3 is 33.4 Å².